The molecule has 4 rings (SSSR count). The van der Waals surface area contributed by atoms with E-state index < -0.39 is 39.5 Å². The summed E-state index contributed by atoms with van der Waals surface area (Å²) in [6.45, 7) is 1.03. The van der Waals surface area contributed by atoms with E-state index in [4.69, 9.17) is 0 Å². The van der Waals surface area contributed by atoms with Crippen LogP contribution in [0.1, 0.15) is 30.2 Å². The molecule has 0 aliphatic carbocycles. The molecule has 0 radical (unpaired) electrons. The second-order valence-corrected chi connectivity index (χ2v) is 11.0. The molecule has 3 aromatic rings. The first-order valence-electron chi connectivity index (χ1n) is 12.4. The molecule has 0 spiro atoms. The SMILES string of the molecule is CCC(F)(F)c1ccc(CNC(=O)C2(c3cnccn3)CNCCN2S(=O)(=O)c2ccc(OC(F)(F)F)cc2)cc1. The predicted octanol–water partition coefficient (Wildman–Crippen LogP) is 3.68. The molecule has 1 unspecified atom stereocenters. The number of nitrogens with one attached hydrogen (secondary N) is 2. The molecule has 0 saturated carbocycles. The van der Waals surface area contributed by atoms with E-state index in [1.165, 1.54) is 49.8 Å². The third-order valence-corrected chi connectivity index (χ3v) is 8.52. The molecular weight excluding hydrogens is 573 g/mol. The van der Waals surface area contributed by atoms with Crippen molar-refractivity contribution in [3.8, 4) is 5.75 Å². The van der Waals surface area contributed by atoms with Crippen molar-refractivity contribution in [1.29, 1.82) is 0 Å². The number of piperazine rings is 1. The zero-order chi connectivity index (χ0) is 29.9. The second-order valence-electron chi connectivity index (χ2n) is 9.16. The van der Waals surface area contributed by atoms with Gasteiger partial charge in [0, 0.05) is 50.6 Å². The summed E-state index contributed by atoms with van der Waals surface area (Å²) in [5.74, 6) is -4.39. The first-order chi connectivity index (χ1) is 19.3. The summed E-state index contributed by atoms with van der Waals surface area (Å²) >= 11 is 0. The van der Waals surface area contributed by atoms with Crippen molar-refractivity contribution in [2.24, 2.45) is 0 Å². The fourth-order valence-corrected chi connectivity index (χ4v) is 6.15. The highest BCUT2D eigenvalue weighted by molar-refractivity contribution is 7.89. The fraction of sp³-hybridized carbons (Fsp3) is 0.346. The van der Waals surface area contributed by atoms with Crippen molar-refractivity contribution in [3.05, 3.63) is 83.9 Å². The molecule has 2 heterocycles. The predicted molar refractivity (Wildman–Crippen MR) is 136 cm³/mol. The lowest BCUT2D eigenvalue weighted by atomic mass is 9.91. The number of hydrogen-bond donors (Lipinski definition) is 2. The van der Waals surface area contributed by atoms with Crippen LogP contribution in [-0.4, -0.2) is 54.6 Å². The van der Waals surface area contributed by atoms with E-state index in [0.717, 1.165) is 28.6 Å². The highest BCUT2D eigenvalue weighted by Crippen LogP contribution is 2.35. The van der Waals surface area contributed by atoms with Gasteiger partial charge in [0.2, 0.25) is 15.9 Å². The van der Waals surface area contributed by atoms with Gasteiger partial charge in [-0.15, -0.1) is 13.2 Å². The Morgan fingerprint density at radius 2 is 1.76 bits per heavy atom. The van der Waals surface area contributed by atoms with Gasteiger partial charge in [0.25, 0.3) is 5.92 Å². The number of hydrogen-bond acceptors (Lipinski definition) is 7. The van der Waals surface area contributed by atoms with E-state index in [2.05, 4.69) is 25.3 Å². The molecule has 2 aromatic carbocycles. The minimum absolute atomic E-state index is 0.00300. The third-order valence-electron chi connectivity index (χ3n) is 6.58. The fourth-order valence-electron chi connectivity index (χ4n) is 4.43. The molecule has 1 atom stereocenters. The van der Waals surface area contributed by atoms with Gasteiger partial charge in [-0.05, 0) is 29.8 Å². The Balaban J connectivity index is 1.67. The zero-order valence-corrected chi connectivity index (χ0v) is 22.5. The molecular formula is C26H26F5N5O4S. The minimum Gasteiger partial charge on any atom is -0.406 e. The number of nitrogens with zero attached hydrogens (tertiary/aromatic N) is 3. The molecule has 0 bridgehead atoms. The van der Waals surface area contributed by atoms with Crippen LogP contribution < -0.4 is 15.4 Å². The number of carbonyl (C=O) groups excluding carboxylic acids is 1. The van der Waals surface area contributed by atoms with Crippen molar-refractivity contribution < 1.29 is 39.9 Å². The van der Waals surface area contributed by atoms with E-state index >= 15 is 0 Å². The van der Waals surface area contributed by atoms with Gasteiger partial charge in [-0.25, -0.2) is 17.2 Å². The van der Waals surface area contributed by atoms with Crippen LogP contribution in [0.4, 0.5) is 22.0 Å². The quantitative estimate of drug-likeness (QED) is 0.361. The van der Waals surface area contributed by atoms with Gasteiger partial charge >= 0.3 is 6.36 Å². The van der Waals surface area contributed by atoms with Gasteiger partial charge in [0.1, 0.15) is 5.75 Å². The normalized spacial score (nSPS) is 18.6. The molecule has 1 aliphatic heterocycles. The highest BCUT2D eigenvalue weighted by Gasteiger charge is 2.54. The molecule has 2 N–H and O–H groups in total. The lowest BCUT2D eigenvalue weighted by Gasteiger charge is -2.44. The molecule has 9 nitrogen and oxygen atoms in total. The van der Waals surface area contributed by atoms with E-state index in [-0.39, 0.29) is 48.8 Å². The summed E-state index contributed by atoms with van der Waals surface area (Å²) in [5, 5.41) is 5.69. The molecule has 1 aromatic heterocycles. The molecule has 220 valence electrons. The zero-order valence-electron chi connectivity index (χ0n) is 21.7. The summed E-state index contributed by atoms with van der Waals surface area (Å²) < 4.78 is 98.2. The van der Waals surface area contributed by atoms with E-state index in [9.17, 15) is 35.2 Å². The van der Waals surface area contributed by atoms with Crippen LogP contribution in [0.2, 0.25) is 0 Å². The number of halogens is 5. The van der Waals surface area contributed by atoms with Gasteiger partial charge in [0.15, 0.2) is 5.54 Å². The van der Waals surface area contributed by atoms with Crippen LogP contribution in [0.25, 0.3) is 0 Å². The number of sulfonamides is 1. The molecule has 1 amide bonds. The van der Waals surface area contributed by atoms with Crippen LogP contribution >= 0.6 is 0 Å². The standard InChI is InChI=1S/C26H26F5N5O4S/c1-2-25(27,28)19-5-3-18(4-6-19)15-35-23(37)24(22-16-32-11-12-34-22)17-33-13-14-36(24)41(38,39)21-9-7-20(8-10-21)40-26(29,30)31/h3-12,16,33H,2,13-15,17H2,1H3,(H,35,37). The Labute approximate surface area is 232 Å². The maximum absolute atomic E-state index is 14.0. The number of aromatic nitrogens is 2. The first-order valence-corrected chi connectivity index (χ1v) is 13.8. The largest absolute Gasteiger partial charge is 0.573 e. The van der Waals surface area contributed by atoms with Gasteiger partial charge < -0.3 is 15.4 Å². The average Bonchev–Trinajstić information content (AvgIpc) is 2.96. The Kier molecular flexibility index (Phi) is 8.61. The van der Waals surface area contributed by atoms with Crippen molar-refractivity contribution in [1.82, 2.24) is 24.9 Å². The van der Waals surface area contributed by atoms with Gasteiger partial charge in [-0.3, -0.25) is 14.8 Å². The summed E-state index contributed by atoms with van der Waals surface area (Å²) in [5.41, 5.74) is -1.63. The lowest BCUT2D eigenvalue weighted by Crippen LogP contribution is -2.67. The summed E-state index contributed by atoms with van der Waals surface area (Å²) in [4.78, 5) is 21.7. The number of benzene rings is 2. The van der Waals surface area contributed by atoms with Crippen LogP contribution in [0.5, 0.6) is 5.75 Å². The van der Waals surface area contributed by atoms with E-state index in [1.54, 1.807) is 0 Å². The number of rotatable bonds is 9. The minimum atomic E-state index is -4.96. The Hall–Kier alpha value is -3.69. The van der Waals surface area contributed by atoms with Gasteiger partial charge in [-0.1, -0.05) is 31.2 Å². The number of alkyl halides is 5. The van der Waals surface area contributed by atoms with Crippen molar-refractivity contribution in [2.75, 3.05) is 19.6 Å². The van der Waals surface area contributed by atoms with E-state index in [0.29, 0.717) is 5.56 Å². The Bertz CT molecular complexity index is 1460. The first kappa shape index (κ1) is 30.3. The van der Waals surface area contributed by atoms with E-state index in [1.807, 2.05) is 0 Å². The monoisotopic (exact) mass is 599 g/mol. The summed E-state index contributed by atoms with van der Waals surface area (Å²) in [7, 11) is -4.49. The molecule has 1 aliphatic rings. The smallest absolute Gasteiger partial charge is 0.406 e. The second kappa shape index (κ2) is 11.7. The number of amides is 1. The average molecular weight is 600 g/mol. The summed E-state index contributed by atoms with van der Waals surface area (Å²) in [6, 6.07) is 9.01. The maximum atomic E-state index is 14.0. The lowest BCUT2D eigenvalue weighted by molar-refractivity contribution is -0.274. The Morgan fingerprint density at radius 3 is 2.34 bits per heavy atom. The topological polar surface area (TPSA) is 114 Å². The van der Waals surface area contributed by atoms with Crippen LogP contribution in [0.3, 0.4) is 0 Å². The molecule has 15 heteroatoms. The molecule has 41 heavy (non-hydrogen) atoms. The van der Waals surface area contributed by atoms with Gasteiger partial charge in [-0.2, -0.15) is 4.31 Å². The summed E-state index contributed by atoms with van der Waals surface area (Å²) in [6.07, 6.45) is -1.46. The Morgan fingerprint density at radius 1 is 1.07 bits per heavy atom. The van der Waals surface area contributed by atoms with Gasteiger partial charge in [0.05, 0.1) is 16.8 Å². The van der Waals surface area contributed by atoms with Crippen LogP contribution in [-0.2, 0) is 32.8 Å². The van der Waals surface area contributed by atoms with Crippen LogP contribution in [0.15, 0.2) is 72.0 Å². The van der Waals surface area contributed by atoms with Crippen molar-refractivity contribution in [3.63, 3.8) is 0 Å². The number of carbonyl (C=O) groups is 1. The third kappa shape index (κ3) is 6.47. The maximum Gasteiger partial charge on any atom is 0.573 e. The number of ether oxygens (including phenoxy) is 1. The van der Waals surface area contributed by atoms with Crippen molar-refractivity contribution >= 4 is 15.9 Å². The van der Waals surface area contributed by atoms with Crippen molar-refractivity contribution in [2.45, 2.75) is 42.6 Å². The highest BCUT2D eigenvalue weighted by atomic mass is 32.2. The van der Waals surface area contributed by atoms with Crippen LogP contribution in [0, 0.1) is 0 Å². The molecule has 1 fully saturated rings. The molecule has 1 saturated heterocycles.